The van der Waals surface area contributed by atoms with Crippen molar-refractivity contribution < 1.29 is 32.3 Å². The Balaban J connectivity index is 2.21. The number of amides is 1. The lowest BCUT2D eigenvalue weighted by Gasteiger charge is -2.26. The molecular formula is C21H30N2O7S. The van der Waals surface area contributed by atoms with Crippen LogP contribution in [0.5, 0.6) is 0 Å². The molecule has 2 atom stereocenters. The van der Waals surface area contributed by atoms with E-state index in [2.05, 4.69) is 5.32 Å². The number of hydrogen-bond donors (Lipinski definition) is 1. The number of benzene rings is 1. The van der Waals surface area contributed by atoms with E-state index >= 15 is 0 Å². The standard InChI is InChI=1S/C21H30N2O7S/c1-14-8-10-15(11-9-14)31(27,28)23-12-6-7-17(23)18(24)16(19(25)29-5)13-22-20(26)30-21(2,3)4/h8-11,16-17H,6-7,12-13H2,1-5H3,(H,22,26)/t16-,17-/m0/s1. The summed E-state index contributed by atoms with van der Waals surface area (Å²) in [4.78, 5) is 37.5. The fourth-order valence-corrected chi connectivity index (χ4v) is 5.00. The van der Waals surface area contributed by atoms with Gasteiger partial charge in [-0.2, -0.15) is 4.31 Å². The second kappa shape index (κ2) is 9.78. The van der Waals surface area contributed by atoms with Crippen LogP contribution >= 0.6 is 0 Å². The highest BCUT2D eigenvalue weighted by Gasteiger charge is 2.44. The van der Waals surface area contributed by atoms with E-state index in [1.807, 2.05) is 6.92 Å². The van der Waals surface area contributed by atoms with E-state index in [9.17, 15) is 22.8 Å². The van der Waals surface area contributed by atoms with Crippen molar-refractivity contribution in [1.29, 1.82) is 0 Å². The van der Waals surface area contributed by atoms with Gasteiger partial charge in [0.1, 0.15) is 11.5 Å². The van der Waals surface area contributed by atoms with Crippen LogP contribution in [0.15, 0.2) is 29.2 Å². The predicted octanol–water partition coefficient (Wildman–Crippen LogP) is 2.03. The molecule has 0 aliphatic carbocycles. The maximum atomic E-state index is 13.2. The van der Waals surface area contributed by atoms with Crippen molar-refractivity contribution in [3.8, 4) is 0 Å². The molecule has 1 aromatic rings. The number of rotatable bonds is 7. The summed E-state index contributed by atoms with van der Waals surface area (Å²) in [5.74, 6) is -2.81. The van der Waals surface area contributed by atoms with Crippen LogP contribution in [0.4, 0.5) is 4.79 Å². The van der Waals surface area contributed by atoms with Crippen LogP contribution in [-0.4, -0.2) is 62.4 Å². The van der Waals surface area contributed by atoms with Gasteiger partial charge in [0.15, 0.2) is 5.78 Å². The minimum absolute atomic E-state index is 0.0827. The quantitative estimate of drug-likeness (QED) is 0.494. The van der Waals surface area contributed by atoms with E-state index in [0.29, 0.717) is 6.42 Å². The summed E-state index contributed by atoms with van der Waals surface area (Å²) >= 11 is 0. The Labute approximate surface area is 183 Å². The molecule has 1 heterocycles. The molecule has 1 aliphatic rings. The third-order valence-electron chi connectivity index (χ3n) is 4.84. The number of nitrogens with one attached hydrogen (secondary N) is 1. The highest BCUT2D eigenvalue weighted by molar-refractivity contribution is 7.89. The Morgan fingerprint density at radius 1 is 1.19 bits per heavy atom. The van der Waals surface area contributed by atoms with E-state index in [0.717, 1.165) is 17.0 Å². The number of ether oxygens (including phenoxy) is 2. The number of carbonyl (C=O) groups excluding carboxylic acids is 3. The van der Waals surface area contributed by atoms with Crippen molar-refractivity contribution in [1.82, 2.24) is 9.62 Å². The molecule has 1 amide bonds. The van der Waals surface area contributed by atoms with Gasteiger partial charge in [-0.25, -0.2) is 13.2 Å². The molecule has 10 heteroatoms. The SMILES string of the molecule is COC(=O)[C@@H](CNC(=O)OC(C)(C)C)C(=O)[C@@H]1CCCN1S(=O)(=O)c1ccc(C)cc1. The van der Waals surface area contributed by atoms with E-state index in [4.69, 9.17) is 9.47 Å². The van der Waals surface area contributed by atoms with Gasteiger partial charge >= 0.3 is 12.1 Å². The van der Waals surface area contributed by atoms with Crippen LogP contribution in [0.2, 0.25) is 0 Å². The first-order chi connectivity index (χ1) is 14.4. The van der Waals surface area contributed by atoms with Crippen molar-refractivity contribution in [3.05, 3.63) is 29.8 Å². The summed E-state index contributed by atoms with van der Waals surface area (Å²) in [6.07, 6.45) is -0.0246. The number of sulfonamides is 1. The van der Waals surface area contributed by atoms with Crippen molar-refractivity contribution in [3.63, 3.8) is 0 Å². The number of ketones is 1. The van der Waals surface area contributed by atoms with Crippen molar-refractivity contribution in [2.45, 2.75) is 57.1 Å². The van der Waals surface area contributed by atoms with E-state index in [1.165, 1.54) is 12.1 Å². The average molecular weight is 455 g/mol. The number of nitrogens with zero attached hydrogens (tertiary/aromatic N) is 1. The molecule has 31 heavy (non-hydrogen) atoms. The molecule has 1 fully saturated rings. The number of methoxy groups -OCH3 is 1. The Morgan fingerprint density at radius 3 is 2.35 bits per heavy atom. The number of esters is 1. The highest BCUT2D eigenvalue weighted by atomic mass is 32.2. The zero-order valence-corrected chi connectivity index (χ0v) is 19.3. The Morgan fingerprint density at radius 2 is 1.81 bits per heavy atom. The zero-order chi connectivity index (χ0) is 23.4. The first kappa shape index (κ1) is 24.8. The number of carbonyl (C=O) groups is 3. The van der Waals surface area contributed by atoms with E-state index in [-0.39, 0.29) is 24.4 Å². The second-order valence-electron chi connectivity index (χ2n) is 8.45. The maximum absolute atomic E-state index is 13.2. The predicted molar refractivity (Wildman–Crippen MR) is 113 cm³/mol. The van der Waals surface area contributed by atoms with Gasteiger partial charge in [-0.05, 0) is 52.7 Å². The largest absolute Gasteiger partial charge is 0.468 e. The normalized spacial score (nSPS) is 18.3. The first-order valence-electron chi connectivity index (χ1n) is 10.0. The molecular weight excluding hydrogens is 424 g/mol. The summed E-state index contributed by atoms with van der Waals surface area (Å²) in [7, 11) is -2.79. The maximum Gasteiger partial charge on any atom is 0.407 e. The van der Waals surface area contributed by atoms with Crippen LogP contribution in [0, 0.1) is 12.8 Å². The average Bonchev–Trinajstić information content (AvgIpc) is 3.17. The lowest BCUT2D eigenvalue weighted by atomic mass is 9.97. The molecule has 1 aromatic carbocycles. The Kier molecular flexibility index (Phi) is 7.82. The van der Waals surface area contributed by atoms with Gasteiger partial charge in [-0.3, -0.25) is 9.59 Å². The summed E-state index contributed by atoms with van der Waals surface area (Å²) in [5.41, 5.74) is 0.158. The summed E-state index contributed by atoms with van der Waals surface area (Å²) < 4.78 is 37.2. The van der Waals surface area contributed by atoms with Crippen LogP contribution in [0.25, 0.3) is 0 Å². The monoisotopic (exact) mass is 454 g/mol. The van der Waals surface area contributed by atoms with E-state index in [1.54, 1.807) is 32.9 Å². The topological polar surface area (TPSA) is 119 Å². The van der Waals surface area contributed by atoms with Crippen LogP contribution in [0.1, 0.15) is 39.2 Å². The smallest absolute Gasteiger partial charge is 0.407 e. The molecule has 0 radical (unpaired) electrons. The van der Waals surface area contributed by atoms with Gasteiger partial charge in [0, 0.05) is 13.1 Å². The molecule has 9 nitrogen and oxygen atoms in total. The number of alkyl carbamates (subject to hydrolysis) is 1. The molecule has 1 N–H and O–H groups in total. The molecule has 0 bridgehead atoms. The number of hydrogen-bond acceptors (Lipinski definition) is 7. The van der Waals surface area contributed by atoms with Crippen molar-refractivity contribution in [2.24, 2.45) is 5.92 Å². The third-order valence-corrected chi connectivity index (χ3v) is 6.76. The molecule has 1 aliphatic heterocycles. The minimum Gasteiger partial charge on any atom is -0.468 e. The van der Waals surface area contributed by atoms with Gasteiger partial charge in [-0.1, -0.05) is 17.7 Å². The minimum atomic E-state index is -3.92. The number of aryl methyl sites for hydroxylation is 1. The zero-order valence-electron chi connectivity index (χ0n) is 18.5. The third kappa shape index (κ3) is 6.27. The van der Waals surface area contributed by atoms with Gasteiger partial charge in [0.25, 0.3) is 0 Å². The van der Waals surface area contributed by atoms with Crippen LogP contribution < -0.4 is 5.32 Å². The fourth-order valence-electron chi connectivity index (χ4n) is 3.33. The van der Waals surface area contributed by atoms with Crippen molar-refractivity contribution >= 4 is 27.9 Å². The molecule has 172 valence electrons. The molecule has 1 saturated heterocycles. The highest BCUT2D eigenvalue weighted by Crippen LogP contribution is 2.28. The Bertz CT molecular complexity index is 920. The second-order valence-corrected chi connectivity index (χ2v) is 10.3. The lowest BCUT2D eigenvalue weighted by molar-refractivity contribution is -0.150. The molecule has 0 aromatic heterocycles. The van der Waals surface area contributed by atoms with Crippen LogP contribution in [-0.2, 0) is 29.1 Å². The van der Waals surface area contributed by atoms with Gasteiger partial charge in [0.05, 0.1) is 18.0 Å². The molecule has 0 spiro atoms. The summed E-state index contributed by atoms with van der Waals surface area (Å²) in [5, 5.41) is 2.40. The Hall–Kier alpha value is -2.46. The van der Waals surface area contributed by atoms with Gasteiger partial charge < -0.3 is 14.8 Å². The lowest BCUT2D eigenvalue weighted by Crippen LogP contribution is -2.48. The van der Waals surface area contributed by atoms with Crippen molar-refractivity contribution in [2.75, 3.05) is 20.2 Å². The molecule has 0 saturated carbocycles. The van der Waals surface area contributed by atoms with E-state index < -0.39 is 45.4 Å². The number of Topliss-reactive ketones (excluding diaryl/α,β-unsaturated/α-hetero) is 1. The summed E-state index contributed by atoms with van der Waals surface area (Å²) in [6.45, 7) is 6.71. The fraction of sp³-hybridized carbons (Fsp3) is 0.571. The molecule has 2 rings (SSSR count). The first-order valence-corrected chi connectivity index (χ1v) is 11.5. The summed E-state index contributed by atoms with van der Waals surface area (Å²) in [6, 6.07) is 5.33. The van der Waals surface area contributed by atoms with Crippen LogP contribution in [0.3, 0.4) is 0 Å². The van der Waals surface area contributed by atoms with Gasteiger partial charge in [0.2, 0.25) is 10.0 Å². The van der Waals surface area contributed by atoms with Gasteiger partial charge in [-0.15, -0.1) is 0 Å². The molecule has 0 unspecified atom stereocenters.